The first-order valence-corrected chi connectivity index (χ1v) is 4.97. The highest BCUT2D eigenvalue weighted by Gasteiger charge is 2.07. The van der Waals surface area contributed by atoms with Gasteiger partial charge in [0, 0.05) is 10.0 Å². The third-order valence-electron chi connectivity index (χ3n) is 1.80. The first-order chi connectivity index (χ1) is 7.19. The van der Waals surface area contributed by atoms with Crippen LogP contribution in [0.4, 0.5) is 4.39 Å². The fraction of sp³-hybridized carbons (Fsp3) is 0.111. The van der Waals surface area contributed by atoms with Gasteiger partial charge in [-0.3, -0.25) is 5.10 Å². The Morgan fingerprint density at radius 2 is 2.20 bits per heavy atom. The Balaban J connectivity index is 2.44. The molecule has 15 heavy (non-hydrogen) atoms. The van der Waals surface area contributed by atoms with Gasteiger partial charge in [-0.15, -0.1) is 0 Å². The molecule has 2 aromatic rings. The van der Waals surface area contributed by atoms with Gasteiger partial charge in [-0.2, -0.15) is 5.10 Å². The van der Waals surface area contributed by atoms with Crippen LogP contribution in [0.25, 0.3) is 11.4 Å². The number of aliphatic hydroxyl groups is 1. The maximum atomic E-state index is 13.1. The Labute approximate surface area is 93.3 Å². The molecule has 0 saturated carbocycles. The minimum atomic E-state index is -0.366. The van der Waals surface area contributed by atoms with Gasteiger partial charge in [-0.1, -0.05) is 15.9 Å². The van der Waals surface area contributed by atoms with Crippen LogP contribution in [0.5, 0.6) is 0 Å². The molecule has 0 radical (unpaired) electrons. The molecule has 0 spiro atoms. The molecule has 0 bridgehead atoms. The number of H-pyrrole nitrogens is 1. The van der Waals surface area contributed by atoms with Crippen molar-refractivity contribution in [3.8, 4) is 11.4 Å². The third kappa shape index (κ3) is 2.21. The van der Waals surface area contributed by atoms with E-state index in [2.05, 4.69) is 31.1 Å². The quantitative estimate of drug-likeness (QED) is 0.877. The lowest BCUT2D eigenvalue weighted by Crippen LogP contribution is -1.85. The summed E-state index contributed by atoms with van der Waals surface area (Å²) in [7, 11) is 0. The first-order valence-electron chi connectivity index (χ1n) is 4.17. The summed E-state index contributed by atoms with van der Waals surface area (Å²) in [6.45, 7) is -0.219. The Kier molecular flexibility index (Phi) is 2.79. The van der Waals surface area contributed by atoms with E-state index in [1.807, 2.05) is 0 Å². The zero-order valence-electron chi connectivity index (χ0n) is 7.54. The molecule has 0 aliphatic heterocycles. The Morgan fingerprint density at radius 3 is 2.80 bits per heavy atom. The van der Waals surface area contributed by atoms with E-state index >= 15 is 0 Å². The van der Waals surface area contributed by atoms with E-state index in [0.717, 1.165) is 0 Å². The normalized spacial score (nSPS) is 10.6. The van der Waals surface area contributed by atoms with Gasteiger partial charge in [0.2, 0.25) is 0 Å². The van der Waals surface area contributed by atoms with Crippen molar-refractivity contribution in [1.82, 2.24) is 15.2 Å². The van der Waals surface area contributed by atoms with Crippen molar-refractivity contribution in [2.24, 2.45) is 0 Å². The molecule has 1 aromatic heterocycles. The van der Waals surface area contributed by atoms with Crippen LogP contribution in [0.15, 0.2) is 22.7 Å². The Hall–Kier alpha value is -1.27. The molecule has 0 saturated heterocycles. The van der Waals surface area contributed by atoms with Crippen LogP contribution in [-0.2, 0) is 6.61 Å². The summed E-state index contributed by atoms with van der Waals surface area (Å²) in [4.78, 5) is 3.98. The van der Waals surface area contributed by atoms with Crippen LogP contribution in [0, 0.1) is 5.82 Å². The van der Waals surface area contributed by atoms with Crippen molar-refractivity contribution in [3.05, 3.63) is 34.3 Å². The van der Waals surface area contributed by atoms with Crippen LogP contribution in [0.1, 0.15) is 5.82 Å². The Morgan fingerprint density at radius 1 is 1.40 bits per heavy atom. The van der Waals surface area contributed by atoms with Crippen LogP contribution in [-0.4, -0.2) is 20.3 Å². The van der Waals surface area contributed by atoms with E-state index in [-0.39, 0.29) is 12.4 Å². The largest absolute Gasteiger partial charge is 0.388 e. The zero-order chi connectivity index (χ0) is 10.8. The van der Waals surface area contributed by atoms with E-state index in [1.165, 1.54) is 12.1 Å². The van der Waals surface area contributed by atoms with Gasteiger partial charge in [0.25, 0.3) is 0 Å². The number of halogens is 2. The second kappa shape index (κ2) is 4.08. The standard InChI is InChI=1S/C9H7BrFN3O/c10-6-1-5(2-7(11)3-6)9-12-8(4-15)13-14-9/h1-3,15H,4H2,(H,12,13,14). The molecular weight excluding hydrogens is 265 g/mol. The summed E-state index contributed by atoms with van der Waals surface area (Å²) < 4.78 is 13.7. The van der Waals surface area contributed by atoms with Crippen LogP contribution >= 0.6 is 15.9 Å². The molecule has 2 N–H and O–H groups in total. The summed E-state index contributed by atoms with van der Waals surface area (Å²) >= 11 is 3.18. The molecule has 0 amide bonds. The Bertz CT molecular complexity index is 466. The van der Waals surface area contributed by atoms with E-state index in [9.17, 15) is 4.39 Å². The molecule has 4 nitrogen and oxygen atoms in total. The van der Waals surface area contributed by atoms with Gasteiger partial charge in [-0.05, 0) is 18.2 Å². The average molecular weight is 272 g/mol. The number of benzene rings is 1. The smallest absolute Gasteiger partial charge is 0.181 e. The molecule has 0 aliphatic rings. The van der Waals surface area contributed by atoms with Crippen LogP contribution < -0.4 is 0 Å². The molecule has 6 heteroatoms. The van der Waals surface area contributed by atoms with Gasteiger partial charge < -0.3 is 5.11 Å². The van der Waals surface area contributed by atoms with Gasteiger partial charge in [0.1, 0.15) is 12.4 Å². The fourth-order valence-electron chi connectivity index (χ4n) is 1.18. The maximum Gasteiger partial charge on any atom is 0.181 e. The number of aliphatic hydroxyl groups excluding tert-OH is 1. The first kappa shape index (κ1) is 10.3. The molecule has 0 aliphatic carbocycles. The van der Waals surface area contributed by atoms with Crippen molar-refractivity contribution >= 4 is 15.9 Å². The number of hydrogen-bond acceptors (Lipinski definition) is 3. The van der Waals surface area contributed by atoms with Crippen LogP contribution in [0.3, 0.4) is 0 Å². The molecule has 1 heterocycles. The van der Waals surface area contributed by atoms with Gasteiger partial charge in [0.05, 0.1) is 0 Å². The highest BCUT2D eigenvalue weighted by Crippen LogP contribution is 2.21. The maximum absolute atomic E-state index is 13.1. The fourth-order valence-corrected chi connectivity index (χ4v) is 1.64. The summed E-state index contributed by atoms with van der Waals surface area (Å²) in [5.74, 6) is 0.347. The lowest BCUT2D eigenvalue weighted by atomic mass is 10.2. The average Bonchev–Trinajstić information content (AvgIpc) is 2.64. The summed E-state index contributed by atoms with van der Waals surface area (Å²) in [6.07, 6.45) is 0. The van der Waals surface area contributed by atoms with Crippen molar-refractivity contribution in [3.63, 3.8) is 0 Å². The van der Waals surface area contributed by atoms with Crippen molar-refractivity contribution < 1.29 is 9.50 Å². The number of aromatic amines is 1. The SMILES string of the molecule is OCc1nc(-c2cc(F)cc(Br)c2)n[nH]1. The van der Waals surface area contributed by atoms with Gasteiger partial charge in [0.15, 0.2) is 11.6 Å². The van der Waals surface area contributed by atoms with Gasteiger partial charge in [-0.25, -0.2) is 9.37 Å². The van der Waals surface area contributed by atoms with E-state index in [4.69, 9.17) is 5.11 Å². The number of nitrogens with zero attached hydrogens (tertiary/aromatic N) is 2. The molecule has 2 rings (SSSR count). The minimum Gasteiger partial charge on any atom is -0.388 e. The predicted molar refractivity (Wildman–Crippen MR) is 55.4 cm³/mol. The minimum absolute atomic E-state index is 0.219. The third-order valence-corrected chi connectivity index (χ3v) is 2.26. The van der Waals surface area contributed by atoms with Crippen molar-refractivity contribution in [2.75, 3.05) is 0 Å². The monoisotopic (exact) mass is 271 g/mol. The molecule has 0 atom stereocenters. The van der Waals surface area contributed by atoms with Crippen LogP contribution in [0.2, 0.25) is 0 Å². The van der Waals surface area contributed by atoms with Crippen molar-refractivity contribution in [2.45, 2.75) is 6.61 Å². The molecule has 0 fully saturated rings. The second-order valence-corrected chi connectivity index (χ2v) is 3.84. The second-order valence-electron chi connectivity index (χ2n) is 2.92. The predicted octanol–water partition coefficient (Wildman–Crippen LogP) is 1.87. The van der Waals surface area contributed by atoms with E-state index in [1.54, 1.807) is 6.07 Å². The van der Waals surface area contributed by atoms with Gasteiger partial charge >= 0.3 is 0 Å². The number of hydrogen-bond donors (Lipinski definition) is 2. The lowest BCUT2D eigenvalue weighted by molar-refractivity contribution is 0.272. The summed E-state index contributed by atoms with van der Waals surface area (Å²) in [5, 5.41) is 15.2. The summed E-state index contributed by atoms with van der Waals surface area (Å²) in [6, 6.07) is 4.38. The zero-order valence-corrected chi connectivity index (χ0v) is 9.12. The van der Waals surface area contributed by atoms with Crippen molar-refractivity contribution in [1.29, 1.82) is 0 Å². The number of rotatable bonds is 2. The lowest BCUT2D eigenvalue weighted by Gasteiger charge is -1.96. The molecule has 0 unspecified atom stereocenters. The number of nitrogens with one attached hydrogen (secondary N) is 1. The summed E-state index contributed by atoms with van der Waals surface area (Å²) in [5.41, 5.74) is 0.554. The van der Waals surface area contributed by atoms with E-state index < -0.39 is 0 Å². The number of aromatic nitrogens is 3. The molecule has 78 valence electrons. The van der Waals surface area contributed by atoms with E-state index in [0.29, 0.717) is 21.7 Å². The topological polar surface area (TPSA) is 61.8 Å². The molecular formula is C9H7BrFN3O. The highest BCUT2D eigenvalue weighted by atomic mass is 79.9. The highest BCUT2D eigenvalue weighted by molar-refractivity contribution is 9.10. The molecule has 1 aromatic carbocycles.